The minimum absolute atomic E-state index is 0.0743. The first kappa shape index (κ1) is 19.7. The number of rotatable bonds is 3. The molecule has 2 aliphatic rings. The number of nitrogens with zero attached hydrogens (tertiary/aromatic N) is 3. The molecule has 0 spiro atoms. The van der Waals surface area contributed by atoms with Crippen molar-refractivity contribution in [1.29, 1.82) is 0 Å². The summed E-state index contributed by atoms with van der Waals surface area (Å²) >= 11 is 1.54. The van der Waals surface area contributed by atoms with E-state index in [9.17, 15) is 0 Å². The lowest BCUT2D eigenvalue weighted by molar-refractivity contribution is -0.571. The van der Waals surface area contributed by atoms with Crippen LogP contribution in [-0.4, -0.2) is 54.0 Å². The van der Waals surface area contributed by atoms with Crippen LogP contribution in [0.15, 0.2) is 65.3 Å². The Morgan fingerprint density at radius 1 is 1.21 bits per heavy atom. The summed E-state index contributed by atoms with van der Waals surface area (Å²) in [5.74, 6) is 1.11. The van der Waals surface area contributed by atoms with Gasteiger partial charge in [-0.1, -0.05) is 47.6 Å². The molecule has 0 aromatic heterocycles. The van der Waals surface area contributed by atoms with Crippen LogP contribution in [0.5, 0.6) is 5.75 Å². The quantitative estimate of drug-likeness (QED) is 0.626. The van der Waals surface area contributed by atoms with Crippen LogP contribution in [0.25, 0.3) is 6.08 Å². The molecular formula is C23H27N4OS+. The largest absolute Gasteiger partial charge is 0.497 e. The molecule has 0 aliphatic carbocycles. The van der Waals surface area contributed by atoms with Gasteiger partial charge in [0.1, 0.15) is 5.75 Å². The van der Waals surface area contributed by atoms with Gasteiger partial charge >= 0.3 is 5.17 Å². The zero-order chi connectivity index (χ0) is 20.4. The van der Waals surface area contributed by atoms with Crippen molar-refractivity contribution >= 4 is 28.7 Å². The summed E-state index contributed by atoms with van der Waals surface area (Å²) in [4.78, 5) is 2.37. The highest BCUT2D eigenvalue weighted by Gasteiger charge is 2.45. The molecule has 2 aromatic carbocycles. The normalized spacial score (nSPS) is 24.9. The molecule has 0 saturated carbocycles. The molecule has 2 N–H and O–H groups in total. The lowest BCUT2D eigenvalue weighted by Gasteiger charge is -2.31. The van der Waals surface area contributed by atoms with E-state index in [4.69, 9.17) is 15.6 Å². The number of piperidine rings is 1. The Bertz CT molecular complexity index is 966. The smallest absolute Gasteiger partial charge is 0.329 e. The number of fused-ring (bicyclic) bond motifs is 1. The predicted octanol–water partition coefficient (Wildman–Crippen LogP) is 3.44. The molecule has 150 valence electrons. The minimum Gasteiger partial charge on any atom is -0.497 e. The molecule has 4 rings (SSSR count). The third-order valence-corrected chi connectivity index (χ3v) is 6.13. The molecule has 2 atom stereocenters. The van der Waals surface area contributed by atoms with Crippen LogP contribution in [0.3, 0.4) is 0 Å². The number of hydrogen-bond acceptors (Lipinski definition) is 4. The van der Waals surface area contributed by atoms with Gasteiger partial charge in [-0.3, -0.25) is 5.73 Å². The SMILES string of the molecule is COc1ccc([C@@H]2[C@@H]3CN(C)C/C(=C\c4ccccc4)C3=N[N+]2=C(N)SC)cc1. The van der Waals surface area contributed by atoms with E-state index in [0.717, 1.165) is 29.7 Å². The van der Waals surface area contributed by atoms with E-state index in [-0.39, 0.29) is 12.0 Å². The Morgan fingerprint density at radius 3 is 2.59 bits per heavy atom. The van der Waals surface area contributed by atoms with Gasteiger partial charge in [0.2, 0.25) is 0 Å². The fourth-order valence-corrected chi connectivity index (χ4v) is 4.50. The molecule has 29 heavy (non-hydrogen) atoms. The highest BCUT2D eigenvalue weighted by atomic mass is 32.2. The maximum atomic E-state index is 6.39. The predicted molar refractivity (Wildman–Crippen MR) is 122 cm³/mol. The summed E-state index contributed by atoms with van der Waals surface area (Å²) in [6, 6.07) is 18.8. The third-order valence-electron chi connectivity index (χ3n) is 5.52. The first-order chi connectivity index (χ1) is 14.1. The summed E-state index contributed by atoms with van der Waals surface area (Å²) in [6.07, 6.45) is 4.25. The molecule has 0 radical (unpaired) electrons. The Hall–Kier alpha value is -2.57. The van der Waals surface area contributed by atoms with Crippen molar-refractivity contribution in [2.45, 2.75) is 6.04 Å². The molecule has 1 fully saturated rings. The van der Waals surface area contributed by atoms with Crippen LogP contribution in [0, 0.1) is 5.92 Å². The number of likely N-dealkylation sites (N-methyl/N-ethyl adjacent to an activating group) is 1. The highest BCUT2D eigenvalue weighted by Crippen LogP contribution is 2.39. The second kappa shape index (κ2) is 8.43. The van der Waals surface area contributed by atoms with E-state index in [0.29, 0.717) is 0 Å². The van der Waals surface area contributed by atoms with Gasteiger partial charge in [0, 0.05) is 13.1 Å². The Morgan fingerprint density at radius 2 is 1.93 bits per heavy atom. The molecule has 0 amide bonds. The number of methoxy groups -OCH3 is 1. The molecule has 2 aliphatic heterocycles. The van der Waals surface area contributed by atoms with E-state index in [1.54, 1.807) is 7.11 Å². The fourth-order valence-electron chi connectivity index (χ4n) is 4.16. The van der Waals surface area contributed by atoms with Gasteiger partial charge in [-0.05, 0) is 60.0 Å². The van der Waals surface area contributed by atoms with E-state index in [1.165, 1.54) is 28.5 Å². The number of ether oxygens (including phenoxy) is 1. The number of hydrogen-bond donors (Lipinski definition) is 1. The zero-order valence-electron chi connectivity index (χ0n) is 17.1. The van der Waals surface area contributed by atoms with Crippen molar-refractivity contribution in [3.63, 3.8) is 0 Å². The first-order valence-electron chi connectivity index (χ1n) is 9.73. The lowest BCUT2D eigenvalue weighted by Crippen LogP contribution is -2.41. The zero-order valence-corrected chi connectivity index (χ0v) is 17.9. The molecule has 2 heterocycles. The van der Waals surface area contributed by atoms with Crippen LogP contribution in [0.1, 0.15) is 17.2 Å². The molecule has 0 bridgehead atoms. The molecule has 6 heteroatoms. The third kappa shape index (κ3) is 3.95. The lowest BCUT2D eigenvalue weighted by atomic mass is 9.83. The van der Waals surface area contributed by atoms with Gasteiger partial charge in [-0.2, -0.15) is 0 Å². The molecule has 0 unspecified atom stereocenters. The number of hydrazone groups is 1. The standard InChI is InChI=1S/C23H26N4OS/c1-26-14-18(13-16-7-5-4-6-8-16)21-20(15-26)22(27(25-21)23(24)29-3)17-9-11-19(28-2)12-10-17/h4-13,20,22,24H,14-15H2,1-3H3/p+1/b18-13+/t20-,22-/m1/s1. The van der Waals surface area contributed by atoms with Gasteiger partial charge in [-0.25, -0.2) is 0 Å². The maximum absolute atomic E-state index is 6.39. The van der Waals surface area contributed by atoms with E-state index in [2.05, 4.69) is 54.4 Å². The van der Waals surface area contributed by atoms with E-state index >= 15 is 0 Å². The number of nitrogens with two attached hydrogens (primary N) is 1. The molecule has 5 nitrogen and oxygen atoms in total. The molecule has 2 aromatic rings. The van der Waals surface area contributed by atoms with Gasteiger partial charge in [-0.15, -0.1) is 4.68 Å². The molecule has 1 saturated heterocycles. The van der Waals surface area contributed by atoms with Crippen molar-refractivity contribution in [3.05, 3.63) is 71.3 Å². The Balaban J connectivity index is 1.79. The second-order valence-corrected chi connectivity index (χ2v) is 8.30. The van der Waals surface area contributed by atoms with Gasteiger partial charge in [0.05, 0.1) is 18.7 Å². The van der Waals surface area contributed by atoms with Crippen LogP contribution in [0.2, 0.25) is 0 Å². The van der Waals surface area contributed by atoms with Crippen molar-refractivity contribution in [1.82, 2.24) is 4.90 Å². The summed E-state index contributed by atoms with van der Waals surface area (Å²) < 4.78 is 7.35. The van der Waals surface area contributed by atoms with Crippen LogP contribution < -0.4 is 10.5 Å². The minimum atomic E-state index is 0.0743. The first-order valence-corrected chi connectivity index (χ1v) is 11.0. The van der Waals surface area contributed by atoms with Gasteiger partial charge in [0.15, 0.2) is 6.04 Å². The fraction of sp³-hybridized carbons (Fsp3) is 0.304. The van der Waals surface area contributed by atoms with Crippen molar-refractivity contribution < 1.29 is 9.42 Å². The van der Waals surface area contributed by atoms with Crippen LogP contribution in [0.4, 0.5) is 0 Å². The van der Waals surface area contributed by atoms with Crippen LogP contribution in [-0.2, 0) is 0 Å². The average molecular weight is 408 g/mol. The van der Waals surface area contributed by atoms with E-state index in [1.807, 2.05) is 29.1 Å². The van der Waals surface area contributed by atoms with E-state index < -0.39 is 0 Å². The maximum Gasteiger partial charge on any atom is 0.329 e. The van der Waals surface area contributed by atoms with Crippen LogP contribution >= 0.6 is 11.8 Å². The van der Waals surface area contributed by atoms with Crippen molar-refractivity contribution in [2.24, 2.45) is 16.8 Å². The molecular weight excluding hydrogens is 380 g/mol. The summed E-state index contributed by atoms with van der Waals surface area (Å²) in [7, 11) is 3.86. The van der Waals surface area contributed by atoms with Crippen molar-refractivity contribution in [3.8, 4) is 5.75 Å². The highest BCUT2D eigenvalue weighted by molar-refractivity contribution is 8.12. The van der Waals surface area contributed by atoms with Crippen molar-refractivity contribution in [2.75, 3.05) is 33.5 Å². The van der Waals surface area contributed by atoms with Gasteiger partial charge < -0.3 is 9.64 Å². The Labute approximate surface area is 176 Å². The number of benzene rings is 2. The number of amidine groups is 1. The summed E-state index contributed by atoms with van der Waals surface area (Å²) in [5, 5.41) is 5.75. The van der Waals surface area contributed by atoms with Gasteiger partial charge in [0.25, 0.3) is 0 Å². The second-order valence-electron chi connectivity index (χ2n) is 7.47. The average Bonchev–Trinajstić information content (AvgIpc) is 3.13. The number of likely N-dealkylation sites (tertiary alicyclic amines) is 1. The number of thioether (sulfide) groups is 1. The monoisotopic (exact) mass is 407 g/mol. The Kier molecular flexibility index (Phi) is 5.74. The summed E-state index contributed by atoms with van der Waals surface area (Å²) in [6.45, 7) is 1.83. The topological polar surface area (TPSA) is 53.9 Å². The summed E-state index contributed by atoms with van der Waals surface area (Å²) in [5.41, 5.74) is 11.2.